The molecule has 2 aliphatic heterocycles. The highest BCUT2D eigenvalue weighted by atomic mass is 19.1. The number of nitrogens with zero attached hydrogens (tertiary/aromatic N) is 1. The number of piperidine rings is 1. The van der Waals surface area contributed by atoms with Gasteiger partial charge in [-0.25, -0.2) is 4.39 Å². The summed E-state index contributed by atoms with van der Waals surface area (Å²) in [6.07, 6.45) is 2.13. The van der Waals surface area contributed by atoms with E-state index in [2.05, 4.69) is 4.90 Å². The van der Waals surface area contributed by atoms with Gasteiger partial charge in [0.15, 0.2) is 11.6 Å². The van der Waals surface area contributed by atoms with Crippen LogP contribution in [0, 0.1) is 5.82 Å². The normalized spacial score (nSPS) is 30.0. The Kier molecular flexibility index (Phi) is 4.15. The molecule has 0 amide bonds. The molecule has 1 aromatic rings. The topological polar surface area (TPSA) is 41.9 Å². The van der Waals surface area contributed by atoms with Crippen molar-refractivity contribution < 1.29 is 19.0 Å². The summed E-state index contributed by atoms with van der Waals surface area (Å²) in [6.45, 7) is 2.63. The lowest BCUT2D eigenvalue weighted by atomic mass is 9.87. The van der Waals surface area contributed by atoms with Crippen molar-refractivity contribution in [3.63, 3.8) is 0 Å². The number of benzene rings is 1. The lowest BCUT2D eigenvalue weighted by Crippen LogP contribution is -2.56. The zero-order chi connectivity index (χ0) is 14.9. The molecule has 2 atom stereocenters. The first kappa shape index (κ1) is 14.8. The van der Waals surface area contributed by atoms with Crippen LogP contribution < -0.4 is 4.74 Å². The third-order valence-corrected chi connectivity index (χ3v) is 4.61. The van der Waals surface area contributed by atoms with E-state index in [-0.39, 0.29) is 11.6 Å². The molecule has 0 bridgehead atoms. The second-order valence-corrected chi connectivity index (χ2v) is 5.97. The third-order valence-electron chi connectivity index (χ3n) is 4.61. The van der Waals surface area contributed by atoms with Crippen LogP contribution in [-0.2, 0) is 11.3 Å². The van der Waals surface area contributed by atoms with Crippen molar-refractivity contribution in [2.24, 2.45) is 0 Å². The van der Waals surface area contributed by atoms with Gasteiger partial charge in [-0.3, -0.25) is 4.90 Å². The number of methoxy groups -OCH3 is 1. The Hall–Kier alpha value is -1.17. The minimum Gasteiger partial charge on any atom is -0.494 e. The fourth-order valence-electron chi connectivity index (χ4n) is 3.45. The molecule has 1 aromatic carbocycles. The largest absolute Gasteiger partial charge is 0.494 e. The molecule has 2 aliphatic rings. The molecule has 1 N–H and O–H groups in total. The Balaban J connectivity index is 1.74. The number of aliphatic hydroxyl groups is 1. The molecule has 0 aromatic heterocycles. The van der Waals surface area contributed by atoms with E-state index in [1.54, 1.807) is 18.2 Å². The smallest absolute Gasteiger partial charge is 0.169 e. The maximum Gasteiger partial charge on any atom is 0.169 e. The predicted molar refractivity (Wildman–Crippen MR) is 76.8 cm³/mol. The van der Waals surface area contributed by atoms with E-state index in [9.17, 15) is 9.50 Å². The molecule has 2 saturated heterocycles. The molecular formula is C16H22FNO3. The van der Waals surface area contributed by atoms with Crippen LogP contribution in [0.4, 0.5) is 4.39 Å². The Labute approximate surface area is 124 Å². The summed E-state index contributed by atoms with van der Waals surface area (Å²) in [5.74, 6) is -0.0242. The molecule has 21 heavy (non-hydrogen) atoms. The van der Waals surface area contributed by atoms with E-state index in [1.807, 2.05) is 0 Å². The van der Waals surface area contributed by atoms with Crippen molar-refractivity contribution in [2.45, 2.75) is 37.5 Å². The third kappa shape index (κ3) is 2.78. The number of rotatable bonds is 3. The van der Waals surface area contributed by atoms with Crippen molar-refractivity contribution in [1.82, 2.24) is 4.90 Å². The van der Waals surface area contributed by atoms with E-state index in [4.69, 9.17) is 9.47 Å². The van der Waals surface area contributed by atoms with Crippen LogP contribution in [0.2, 0.25) is 0 Å². The second-order valence-electron chi connectivity index (χ2n) is 5.97. The molecule has 4 nitrogen and oxygen atoms in total. The molecule has 0 aliphatic carbocycles. The molecule has 1 spiro atoms. The minimum atomic E-state index is -0.451. The van der Waals surface area contributed by atoms with E-state index in [0.29, 0.717) is 31.7 Å². The number of ether oxygens (including phenoxy) is 2. The first-order valence-corrected chi connectivity index (χ1v) is 7.50. The first-order chi connectivity index (χ1) is 10.1. The summed E-state index contributed by atoms with van der Waals surface area (Å²) >= 11 is 0. The Bertz CT molecular complexity index is 502. The van der Waals surface area contributed by atoms with Crippen LogP contribution in [0.25, 0.3) is 0 Å². The number of hydrogen-bond donors (Lipinski definition) is 1. The first-order valence-electron chi connectivity index (χ1n) is 7.50. The Morgan fingerprint density at radius 3 is 3.10 bits per heavy atom. The molecule has 2 fully saturated rings. The molecule has 0 saturated carbocycles. The van der Waals surface area contributed by atoms with Gasteiger partial charge in [0, 0.05) is 31.8 Å². The number of aliphatic hydroxyl groups excluding tert-OH is 1. The molecule has 0 radical (unpaired) electrons. The van der Waals surface area contributed by atoms with E-state index in [0.717, 1.165) is 19.4 Å². The number of likely N-dealkylation sites (tertiary alicyclic amines) is 1. The van der Waals surface area contributed by atoms with E-state index in [1.165, 1.54) is 7.11 Å². The van der Waals surface area contributed by atoms with Crippen molar-refractivity contribution in [3.8, 4) is 5.75 Å². The highest BCUT2D eigenvalue weighted by molar-refractivity contribution is 5.31. The van der Waals surface area contributed by atoms with Gasteiger partial charge in [-0.15, -0.1) is 0 Å². The zero-order valence-corrected chi connectivity index (χ0v) is 12.3. The predicted octanol–water partition coefficient (Wildman–Crippen LogP) is 1.95. The zero-order valence-electron chi connectivity index (χ0n) is 12.3. The van der Waals surface area contributed by atoms with Crippen LogP contribution in [0.15, 0.2) is 18.2 Å². The molecule has 2 heterocycles. The second kappa shape index (κ2) is 5.91. The lowest BCUT2D eigenvalue weighted by Gasteiger charge is -2.43. The summed E-state index contributed by atoms with van der Waals surface area (Å²) in [5.41, 5.74) is 0.173. The molecule has 3 rings (SSSR count). The molecule has 116 valence electrons. The van der Waals surface area contributed by atoms with Crippen LogP contribution in [-0.4, -0.2) is 48.5 Å². The van der Waals surface area contributed by atoms with Gasteiger partial charge in [0.2, 0.25) is 0 Å². The lowest BCUT2D eigenvalue weighted by molar-refractivity contribution is -0.132. The summed E-state index contributed by atoms with van der Waals surface area (Å²) in [4.78, 5) is 2.16. The van der Waals surface area contributed by atoms with Crippen molar-refractivity contribution in [1.29, 1.82) is 0 Å². The van der Waals surface area contributed by atoms with Crippen LogP contribution in [0.1, 0.15) is 24.8 Å². The number of halogens is 1. The van der Waals surface area contributed by atoms with Gasteiger partial charge < -0.3 is 14.6 Å². The number of hydrogen-bond acceptors (Lipinski definition) is 4. The van der Waals surface area contributed by atoms with Crippen molar-refractivity contribution >= 4 is 0 Å². The molecule has 0 unspecified atom stereocenters. The van der Waals surface area contributed by atoms with Gasteiger partial charge in [0.1, 0.15) is 5.60 Å². The monoisotopic (exact) mass is 295 g/mol. The Morgan fingerprint density at radius 1 is 1.52 bits per heavy atom. The van der Waals surface area contributed by atoms with Gasteiger partial charge in [0.25, 0.3) is 0 Å². The Morgan fingerprint density at radius 2 is 2.38 bits per heavy atom. The van der Waals surface area contributed by atoms with Crippen molar-refractivity contribution in [3.05, 3.63) is 29.6 Å². The maximum atomic E-state index is 14.2. The fourth-order valence-corrected chi connectivity index (χ4v) is 3.45. The SMILES string of the molecule is COc1cccc(CN2CC[C@H](O)[C@]3(CCCO3)C2)c1F. The molecule has 5 heteroatoms. The average Bonchev–Trinajstić information content (AvgIpc) is 2.95. The maximum absolute atomic E-state index is 14.2. The van der Waals surface area contributed by atoms with Crippen molar-refractivity contribution in [2.75, 3.05) is 26.8 Å². The van der Waals surface area contributed by atoms with E-state index >= 15 is 0 Å². The van der Waals surface area contributed by atoms with E-state index < -0.39 is 11.7 Å². The summed E-state index contributed by atoms with van der Waals surface area (Å²) in [7, 11) is 1.47. The average molecular weight is 295 g/mol. The summed E-state index contributed by atoms with van der Waals surface area (Å²) in [6, 6.07) is 5.21. The van der Waals surface area contributed by atoms with Crippen LogP contribution in [0.3, 0.4) is 0 Å². The fraction of sp³-hybridized carbons (Fsp3) is 0.625. The molecular weight excluding hydrogens is 273 g/mol. The summed E-state index contributed by atoms with van der Waals surface area (Å²) in [5, 5.41) is 10.2. The summed E-state index contributed by atoms with van der Waals surface area (Å²) < 4.78 is 25.1. The van der Waals surface area contributed by atoms with Crippen LogP contribution in [0.5, 0.6) is 5.75 Å². The standard InChI is InChI=1S/C16H22FNO3/c1-20-13-5-2-4-12(15(13)17)10-18-8-6-14(19)16(11-18)7-3-9-21-16/h2,4-5,14,19H,3,6-11H2,1H3/t14-,16-/m0/s1. The van der Waals surface area contributed by atoms with Gasteiger partial charge in [-0.2, -0.15) is 0 Å². The van der Waals surface area contributed by atoms with Gasteiger partial charge in [-0.05, 0) is 25.3 Å². The van der Waals surface area contributed by atoms with Crippen LogP contribution >= 0.6 is 0 Å². The minimum absolute atomic E-state index is 0.274. The highest BCUT2D eigenvalue weighted by Gasteiger charge is 2.46. The quantitative estimate of drug-likeness (QED) is 0.925. The highest BCUT2D eigenvalue weighted by Crippen LogP contribution is 2.35. The van der Waals surface area contributed by atoms with Gasteiger partial charge in [-0.1, -0.05) is 12.1 Å². The van der Waals surface area contributed by atoms with Gasteiger partial charge in [0.05, 0.1) is 13.2 Å². The van der Waals surface area contributed by atoms with Gasteiger partial charge >= 0.3 is 0 Å².